The van der Waals surface area contributed by atoms with Gasteiger partial charge in [0.05, 0.1) is 18.6 Å². The first kappa shape index (κ1) is 14.4. The van der Waals surface area contributed by atoms with E-state index in [0.29, 0.717) is 25.7 Å². The second kappa shape index (κ2) is 5.05. The Balaban J connectivity index is 1.76. The van der Waals surface area contributed by atoms with Crippen molar-refractivity contribution in [3.63, 3.8) is 0 Å². The van der Waals surface area contributed by atoms with Crippen molar-refractivity contribution >= 4 is 11.8 Å². The molecule has 3 rings (SSSR count). The van der Waals surface area contributed by atoms with Crippen LogP contribution in [0.4, 0.5) is 0 Å². The van der Waals surface area contributed by atoms with Crippen molar-refractivity contribution in [2.75, 3.05) is 0 Å². The van der Waals surface area contributed by atoms with Crippen LogP contribution in [-0.4, -0.2) is 45.6 Å². The monoisotopic (exact) mass is 294 g/mol. The Morgan fingerprint density at radius 1 is 1.33 bits per heavy atom. The van der Waals surface area contributed by atoms with Gasteiger partial charge in [-0.25, -0.2) is 0 Å². The second-order valence-electron chi connectivity index (χ2n) is 5.97. The number of ether oxygens (including phenoxy) is 2. The number of aliphatic hydroxyl groups is 1. The number of carboxylic acid groups (broad SMARTS) is 1. The van der Waals surface area contributed by atoms with E-state index in [1.165, 1.54) is 12.2 Å². The molecule has 114 valence electrons. The highest BCUT2D eigenvalue weighted by atomic mass is 16.7. The zero-order valence-electron chi connectivity index (χ0n) is 11.5. The van der Waals surface area contributed by atoms with E-state index in [2.05, 4.69) is 0 Å². The first-order valence-electron chi connectivity index (χ1n) is 7.11. The summed E-state index contributed by atoms with van der Waals surface area (Å²) in [6, 6.07) is 0. The number of ketones is 1. The second-order valence-corrected chi connectivity index (χ2v) is 5.97. The van der Waals surface area contributed by atoms with Gasteiger partial charge in [0.15, 0.2) is 11.6 Å². The first-order valence-corrected chi connectivity index (χ1v) is 7.11. The molecule has 2 N–H and O–H groups in total. The Morgan fingerprint density at radius 2 is 2.05 bits per heavy atom. The Labute approximate surface area is 122 Å². The quantitative estimate of drug-likeness (QED) is 0.787. The van der Waals surface area contributed by atoms with Gasteiger partial charge in [0.25, 0.3) is 0 Å². The summed E-state index contributed by atoms with van der Waals surface area (Å²) in [7, 11) is 0. The third-order valence-corrected chi connectivity index (χ3v) is 4.20. The van der Waals surface area contributed by atoms with Gasteiger partial charge < -0.3 is 19.7 Å². The van der Waals surface area contributed by atoms with E-state index in [1.54, 1.807) is 12.2 Å². The molecule has 2 aliphatic heterocycles. The summed E-state index contributed by atoms with van der Waals surface area (Å²) < 4.78 is 11.9. The molecule has 21 heavy (non-hydrogen) atoms. The SMILES string of the molecule is O=C1C=CC2(C=C1)CC[C@]1(C[C@@H](O)C[C@H](CC(=O)O)O1)O2. The number of carbonyl (C=O) groups is 2. The molecule has 2 heterocycles. The molecule has 0 aromatic rings. The largest absolute Gasteiger partial charge is 0.481 e. The Morgan fingerprint density at radius 3 is 2.71 bits per heavy atom. The molecule has 6 nitrogen and oxygen atoms in total. The van der Waals surface area contributed by atoms with Gasteiger partial charge in [-0.2, -0.15) is 0 Å². The summed E-state index contributed by atoms with van der Waals surface area (Å²) in [6.45, 7) is 0. The fourth-order valence-corrected chi connectivity index (χ4v) is 3.32. The zero-order chi connectivity index (χ0) is 15.1. The minimum absolute atomic E-state index is 0.0847. The van der Waals surface area contributed by atoms with E-state index in [1.807, 2.05) is 0 Å². The van der Waals surface area contributed by atoms with Gasteiger partial charge in [-0.1, -0.05) is 0 Å². The van der Waals surface area contributed by atoms with Crippen LogP contribution >= 0.6 is 0 Å². The molecule has 0 aromatic carbocycles. The number of carbonyl (C=O) groups excluding carboxylic acids is 1. The van der Waals surface area contributed by atoms with Crippen LogP contribution < -0.4 is 0 Å². The van der Waals surface area contributed by atoms with Crippen LogP contribution in [0, 0.1) is 0 Å². The number of carboxylic acids is 1. The number of aliphatic hydroxyl groups excluding tert-OH is 1. The maximum atomic E-state index is 11.2. The van der Waals surface area contributed by atoms with Crippen molar-refractivity contribution in [3.8, 4) is 0 Å². The molecule has 2 saturated heterocycles. The maximum Gasteiger partial charge on any atom is 0.305 e. The van der Waals surface area contributed by atoms with Crippen LogP contribution in [0.25, 0.3) is 0 Å². The molecular formula is C15H18O6. The fourth-order valence-electron chi connectivity index (χ4n) is 3.32. The summed E-state index contributed by atoms with van der Waals surface area (Å²) in [5.41, 5.74) is -0.682. The lowest BCUT2D eigenvalue weighted by molar-refractivity contribution is -0.291. The summed E-state index contributed by atoms with van der Waals surface area (Å²) in [5.74, 6) is -2.01. The lowest BCUT2D eigenvalue weighted by Crippen LogP contribution is -2.48. The van der Waals surface area contributed by atoms with Crippen LogP contribution in [0.1, 0.15) is 32.1 Å². The molecule has 6 heteroatoms. The van der Waals surface area contributed by atoms with Crippen LogP contribution in [0.5, 0.6) is 0 Å². The first-order chi connectivity index (χ1) is 9.90. The Kier molecular flexibility index (Phi) is 3.47. The van der Waals surface area contributed by atoms with Crippen LogP contribution in [0.3, 0.4) is 0 Å². The Hall–Kier alpha value is -1.50. The smallest absolute Gasteiger partial charge is 0.305 e. The van der Waals surface area contributed by atoms with Crippen LogP contribution in [0.15, 0.2) is 24.3 Å². The van der Waals surface area contributed by atoms with Crippen molar-refractivity contribution in [2.45, 2.75) is 55.7 Å². The third-order valence-electron chi connectivity index (χ3n) is 4.20. The average molecular weight is 294 g/mol. The molecule has 1 aliphatic carbocycles. The molecular weight excluding hydrogens is 276 g/mol. The van der Waals surface area contributed by atoms with Gasteiger partial charge in [-0.15, -0.1) is 0 Å². The molecule has 2 fully saturated rings. The lowest BCUT2D eigenvalue weighted by atomic mass is 9.92. The number of hydrogen-bond acceptors (Lipinski definition) is 5. The van der Waals surface area contributed by atoms with E-state index in [9.17, 15) is 14.7 Å². The molecule has 2 spiro atoms. The molecule has 0 radical (unpaired) electrons. The van der Waals surface area contributed by atoms with E-state index in [0.717, 1.165) is 0 Å². The van der Waals surface area contributed by atoms with Gasteiger partial charge in [-0.3, -0.25) is 9.59 Å². The normalized spacial score (nSPS) is 37.5. The fraction of sp³-hybridized carbons (Fsp3) is 0.600. The zero-order valence-corrected chi connectivity index (χ0v) is 11.5. The van der Waals surface area contributed by atoms with Crippen molar-refractivity contribution in [2.24, 2.45) is 0 Å². The predicted octanol–water partition coefficient (Wildman–Crippen LogP) is 0.942. The minimum Gasteiger partial charge on any atom is -0.481 e. The summed E-state index contributed by atoms with van der Waals surface area (Å²) >= 11 is 0. The topological polar surface area (TPSA) is 93.1 Å². The highest BCUT2D eigenvalue weighted by molar-refractivity contribution is 6.00. The van der Waals surface area contributed by atoms with Gasteiger partial charge in [0.2, 0.25) is 0 Å². The lowest BCUT2D eigenvalue weighted by Gasteiger charge is -2.41. The van der Waals surface area contributed by atoms with Crippen molar-refractivity contribution in [1.29, 1.82) is 0 Å². The number of rotatable bonds is 2. The van der Waals surface area contributed by atoms with Crippen LogP contribution in [0.2, 0.25) is 0 Å². The van der Waals surface area contributed by atoms with Gasteiger partial charge in [0, 0.05) is 19.3 Å². The van der Waals surface area contributed by atoms with E-state index >= 15 is 0 Å². The van der Waals surface area contributed by atoms with Crippen LogP contribution in [-0.2, 0) is 19.1 Å². The number of allylic oxidation sites excluding steroid dienone is 2. The average Bonchev–Trinajstić information content (AvgIpc) is 2.70. The van der Waals surface area contributed by atoms with Crippen molar-refractivity contribution in [3.05, 3.63) is 24.3 Å². The van der Waals surface area contributed by atoms with Gasteiger partial charge >= 0.3 is 5.97 Å². The van der Waals surface area contributed by atoms with E-state index in [4.69, 9.17) is 14.6 Å². The van der Waals surface area contributed by atoms with Crippen molar-refractivity contribution < 1.29 is 29.3 Å². The van der Waals surface area contributed by atoms with Gasteiger partial charge in [0.1, 0.15) is 5.60 Å². The van der Waals surface area contributed by atoms with Gasteiger partial charge in [-0.05, 0) is 30.7 Å². The summed E-state index contributed by atoms with van der Waals surface area (Å²) in [6.07, 6.45) is 6.81. The highest BCUT2D eigenvalue weighted by Crippen LogP contribution is 2.47. The maximum absolute atomic E-state index is 11.2. The Bertz CT molecular complexity index is 506. The van der Waals surface area contributed by atoms with Crippen molar-refractivity contribution in [1.82, 2.24) is 0 Å². The minimum atomic E-state index is -0.965. The summed E-state index contributed by atoms with van der Waals surface area (Å²) in [5, 5.41) is 18.9. The molecule has 3 aliphatic rings. The molecule has 3 atom stereocenters. The molecule has 0 aromatic heterocycles. The molecule has 0 bridgehead atoms. The highest BCUT2D eigenvalue weighted by Gasteiger charge is 2.52. The van der Waals surface area contributed by atoms with E-state index in [-0.39, 0.29) is 12.2 Å². The molecule has 0 unspecified atom stereocenters. The number of aliphatic carboxylic acids is 1. The summed E-state index contributed by atoms with van der Waals surface area (Å²) in [4.78, 5) is 22.1. The molecule has 0 saturated carbocycles. The predicted molar refractivity (Wildman–Crippen MR) is 71.4 cm³/mol. The van der Waals surface area contributed by atoms with E-state index < -0.39 is 29.6 Å². The standard InChI is InChI=1S/C15H18O6/c16-10-1-3-14(4-2-10)5-6-15(21-14)9-11(17)7-12(20-15)8-13(18)19/h1-4,11-12,17H,5-9H2,(H,18,19)/t11-,12+,15+/m0/s1. The number of hydrogen-bond donors (Lipinski definition) is 2. The molecule has 0 amide bonds. The third kappa shape index (κ3) is 2.92.